The highest BCUT2D eigenvalue weighted by Crippen LogP contribution is 2.11. The van der Waals surface area contributed by atoms with Crippen LogP contribution >= 0.6 is 0 Å². The number of carbonyl (C=O) groups is 3. The second kappa shape index (κ2) is 7.88. The average Bonchev–Trinajstić information content (AvgIpc) is 2.45. The Balaban J connectivity index is 2.54. The quantitative estimate of drug-likeness (QED) is 0.780. The number of amides is 2. The summed E-state index contributed by atoms with van der Waals surface area (Å²) >= 11 is 0. The fourth-order valence-corrected chi connectivity index (χ4v) is 1.54. The van der Waals surface area contributed by atoms with Gasteiger partial charge in [-0.1, -0.05) is 6.07 Å². The number of nitrogens with one attached hydrogen (secondary N) is 1. The lowest BCUT2D eigenvalue weighted by atomic mass is 10.2. The van der Waals surface area contributed by atoms with Crippen molar-refractivity contribution < 1.29 is 24.2 Å². The van der Waals surface area contributed by atoms with Gasteiger partial charge in [-0.25, -0.2) is 9.59 Å². The topological polar surface area (TPSA) is 95.9 Å². The number of ether oxygens (including phenoxy) is 1. The van der Waals surface area contributed by atoms with Crippen molar-refractivity contribution in [1.82, 2.24) is 4.90 Å². The van der Waals surface area contributed by atoms with E-state index in [0.29, 0.717) is 12.3 Å². The number of benzene rings is 1. The molecular formula is C14H18N2O5. The summed E-state index contributed by atoms with van der Waals surface area (Å²) in [6.07, 6.45) is 0.104. The first-order valence-electron chi connectivity index (χ1n) is 6.45. The Kier molecular flexibility index (Phi) is 6.19. The summed E-state index contributed by atoms with van der Waals surface area (Å²) in [6, 6.07) is 5.49. The Bertz CT molecular complexity index is 530. The Morgan fingerprint density at radius 1 is 1.33 bits per heavy atom. The number of nitrogens with zero attached hydrogens (tertiary/aromatic N) is 1. The summed E-state index contributed by atoms with van der Waals surface area (Å²) in [5.74, 6) is -1.44. The van der Waals surface area contributed by atoms with Gasteiger partial charge in [0.25, 0.3) is 0 Å². The average molecular weight is 294 g/mol. The number of rotatable bonds is 6. The number of carboxylic acid groups (broad SMARTS) is 1. The lowest BCUT2D eigenvalue weighted by molar-refractivity contribution is -0.143. The molecule has 0 atom stereocenters. The van der Waals surface area contributed by atoms with Crippen LogP contribution in [0.1, 0.15) is 23.7 Å². The molecular weight excluding hydrogens is 276 g/mol. The number of aromatic carboxylic acids is 1. The first kappa shape index (κ1) is 16.5. The highest BCUT2D eigenvalue weighted by molar-refractivity contribution is 5.93. The zero-order valence-electron chi connectivity index (χ0n) is 12.0. The van der Waals surface area contributed by atoms with Crippen LogP contribution < -0.4 is 5.32 Å². The number of hydrogen-bond acceptors (Lipinski definition) is 4. The SMILES string of the molecule is CCOC(=O)CCN(C)C(=O)Nc1cccc(C(=O)O)c1. The molecule has 0 aliphatic carbocycles. The van der Waals surface area contributed by atoms with Crippen LogP contribution in [0.3, 0.4) is 0 Å². The molecule has 0 aromatic heterocycles. The fourth-order valence-electron chi connectivity index (χ4n) is 1.54. The highest BCUT2D eigenvalue weighted by Gasteiger charge is 2.12. The van der Waals surface area contributed by atoms with Gasteiger partial charge in [0, 0.05) is 19.3 Å². The third-order valence-corrected chi connectivity index (χ3v) is 2.66. The van der Waals surface area contributed by atoms with Gasteiger partial charge >= 0.3 is 18.0 Å². The van der Waals surface area contributed by atoms with Crippen molar-refractivity contribution >= 4 is 23.7 Å². The van der Waals surface area contributed by atoms with Crippen molar-refractivity contribution in [3.63, 3.8) is 0 Å². The van der Waals surface area contributed by atoms with Crippen LogP contribution in [-0.4, -0.2) is 48.2 Å². The van der Waals surface area contributed by atoms with E-state index >= 15 is 0 Å². The monoisotopic (exact) mass is 294 g/mol. The number of carboxylic acids is 1. The molecule has 0 heterocycles. The summed E-state index contributed by atoms with van der Waals surface area (Å²) in [5, 5.41) is 11.4. The van der Waals surface area contributed by atoms with Gasteiger partial charge < -0.3 is 20.1 Å². The van der Waals surface area contributed by atoms with E-state index in [1.807, 2.05) is 0 Å². The van der Waals surface area contributed by atoms with E-state index in [1.54, 1.807) is 13.0 Å². The van der Waals surface area contributed by atoms with Gasteiger partial charge in [0.1, 0.15) is 0 Å². The smallest absolute Gasteiger partial charge is 0.335 e. The molecule has 7 heteroatoms. The van der Waals surface area contributed by atoms with Crippen LogP contribution in [0, 0.1) is 0 Å². The van der Waals surface area contributed by atoms with Crippen molar-refractivity contribution in [3.8, 4) is 0 Å². The Hall–Kier alpha value is -2.57. The fraction of sp³-hybridized carbons (Fsp3) is 0.357. The molecule has 0 unspecified atom stereocenters. The molecule has 1 aromatic rings. The predicted octanol–water partition coefficient (Wildman–Crippen LogP) is 1.80. The van der Waals surface area contributed by atoms with Gasteiger partial charge in [0.2, 0.25) is 0 Å². The number of esters is 1. The number of carbonyl (C=O) groups excluding carboxylic acids is 2. The predicted molar refractivity (Wildman–Crippen MR) is 76.3 cm³/mol. The van der Waals surface area contributed by atoms with Gasteiger partial charge in [-0.3, -0.25) is 4.79 Å². The third kappa shape index (κ3) is 5.52. The first-order valence-corrected chi connectivity index (χ1v) is 6.45. The van der Waals surface area contributed by atoms with E-state index in [4.69, 9.17) is 9.84 Å². The molecule has 0 saturated heterocycles. The van der Waals surface area contributed by atoms with Crippen LogP contribution in [0.15, 0.2) is 24.3 Å². The van der Waals surface area contributed by atoms with E-state index in [-0.39, 0.29) is 24.5 Å². The zero-order valence-corrected chi connectivity index (χ0v) is 12.0. The van der Waals surface area contributed by atoms with E-state index in [1.165, 1.54) is 30.1 Å². The maximum atomic E-state index is 11.9. The highest BCUT2D eigenvalue weighted by atomic mass is 16.5. The number of hydrogen-bond donors (Lipinski definition) is 2. The summed E-state index contributed by atoms with van der Waals surface area (Å²) in [6.45, 7) is 2.23. The lowest BCUT2D eigenvalue weighted by Gasteiger charge is -2.17. The second-order valence-corrected chi connectivity index (χ2v) is 4.29. The van der Waals surface area contributed by atoms with E-state index in [0.717, 1.165) is 0 Å². The molecule has 2 amide bonds. The molecule has 0 saturated carbocycles. The largest absolute Gasteiger partial charge is 0.478 e. The van der Waals surface area contributed by atoms with Crippen molar-refractivity contribution in [1.29, 1.82) is 0 Å². The Morgan fingerprint density at radius 3 is 2.67 bits per heavy atom. The molecule has 0 spiro atoms. The van der Waals surface area contributed by atoms with Gasteiger partial charge in [-0.2, -0.15) is 0 Å². The molecule has 0 radical (unpaired) electrons. The number of anilines is 1. The molecule has 7 nitrogen and oxygen atoms in total. The van der Waals surface area contributed by atoms with Crippen LogP contribution in [0.5, 0.6) is 0 Å². The molecule has 0 aliphatic heterocycles. The van der Waals surface area contributed by atoms with Gasteiger partial charge in [0.05, 0.1) is 18.6 Å². The van der Waals surface area contributed by atoms with Crippen molar-refractivity contribution in [2.45, 2.75) is 13.3 Å². The molecule has 0 bridgehead atoms. The summed E-state index contributed by atoms with van der Waals surface area (Å²) in [5.41, 5.74) is 0.463. The maximum absolute atomic E-state index is 11.9. The molecule has 0 aliphatic rings. The molecule has 1 aromatic carbocycles. The van der Waals surface area contributed by atoms with Crippen molar-refractivity contribution in [3.05, 3.63) is 29.8 Å². The van der Waals surface area contributed by atoms with Gasteiger partial charge in [0.15, 0.2) is 0 Å². The summed E-state index contributed by atoms with van der Waals surface area (Å²) in [7, 11) is 1.54. The molecule has 1 rings (SSSR count). The summed E-state index contributed by atoms with van der Waals surface area (Å²) < 4.78 is 4.77. The van der Waals surface area contributed by atoms with Crippen molar-refractivity contribution in [2.24, 2.45) is 0 Å². The molecule has 21 heavy (non-hydrogen) atoms. The van der Waals surface area contributed by atoms with Crippen molar-refractivity contribution in [2.75, 3.05) is 25.5 Å². The van der Waals surface area contributed by atoms with Crippen LogP contribution in [0.2, 0.25) is 0 Å². The lowest BCUT2D eigenvalue weighted by Crippen LogP contribution is -2.33. The summed E-state index contributed by atoms with van der Waals surface area (Å²) in [4.78, 5) is 35.2. The standard InChI is InChI=1S/C14H18N2O5/c1-3-21-12(17)7-8-16(2)14(20)15-11-6-4-5-10(9-11)13(18)19/h4-6,9H,3,7-8H2,1-2H3,(H,15,20)(H,18,19). The zero-order chi connectivity index (χ0) is 15.8. The van der Waals surface area contributed by atoms with Crippen LogP contribution in [0.4, 0.5) is 10.5 Å². The second-order valence-electron chi connectivity index (χ2n) is 4.29. The minimum Gasteiger partial charge on any atom is -0.478 e. The Labute approximate surface area is 122 Å². The van der Waals surface area contributed by atoms with Gasteiger partial charge in [-0.05, 0) is 25.1 Å². The minimum atomic E-state index is -1.07. The van der Waals surface area contributed by atoms with Crippen LogP contribution in [0.25, 0.3) is 0 Å². The van der Waals surface area contributed by atoms with E-state index in [2.05, 4.69) is 5.32 Å². The third-order valence-electron chi connectivity index (χ3n) is 2.66. The molecule has 114 valence electrons. The molecule has 0 fully saturated rings. The van der Waals surface area contributed by atoms with E-state index < -0.39 is 12.0 Å². The first-order chi connectivity index (χ1) is 9.93. The molecule has 2 N–H and O–H groups in total. The minimum absolute atomic E-state index is 0.0852. The maximum Gasteiger partial charge on any atom is 0.335 e. The van der Waals surface area contributed by atoms with Gasteiger partial charge in [-0.15, -0.1) is 0 Å². The number of urea groups is 1. The normalized spacial score (nSPS) is 9.81. The Morgan fingerprint density at radius 2 is 2.05 bits per heavy atom. The van der Waals surface area contributed by atoms with Crippen LogP contribution in [-0.2, 0) is 9.53 Å². The van der Waals surface area contributed by atoms with E-state index in [9.17, 15) is 14.4 Å².